The fraction of sp³-hybridized carbons (Fsp3) is 0.105. The molecule has 0 fully saturated rings. The van der Waals surface area contributed by atoms with Gasteiger partial charge in [-0.15, -0.1) is 0 Å². The average molecular weight is 355 g/mol. The average Bonchev–Trinajstić information content (AvgIpc) is 2.61. The number of nitrogens with one attached hydrogen (secondary N) is 1. The van der Waals surface area contributed by atoms with Crippen LogP contribution in [0.4, 0.5) is 14.5 Å². The predicted octanol–water partition coefficient (Wildman–Crippen LogP) is 3.14. The summed E-state index contributed by atoms with van der Waals surface area (Å²) in [6.07, 6.45) is 0. The third-order valence-electron chi connectivity index (χ3n) is 3.71. The van der Waals surface area contributed by atoms with E-state index in [1.54, 1.807) is 6.07 Å². The third-order valence-corrected chi connectivity index (χ3v) is 3.71. The van der Waals surface area contributed by atoms with E-state index in [2.05, 4.69) is 10.4 Å². The molecule has 0 aliphatic rings. The van der Waals surface area contributed by atoms with Crippen LogP contribution in [0.15, 0.2) is 59.4 Å². The van der Waals surface area contributed by atoms with Gasteiger partial charge in [-0.25, -0.2) is 13.5 Å². The van der Waals surface area contributed by atoms with Gasteiger partial charge in [-0.2, -0.15) is 5.10 Å². The highest BCUT2D eigenvalue weighted by molar-refractivity contribution is 5.90. The number of benzene rings is 2. The number of rotatable bonds is 4. The van der Waals surface area contributed by atoms with Gasteiger partial charge >= 0.3 is 0 Å². The lowest BCUT2D eigenvalue weighted by atomic mass is 10.1. The lowest BCUT2D eigenvalue weighted by Gasteiger charge is -2.09. The van der Waals surface area contributed by atoms with Crippen molar-refractivity contribution in [1.29, 1.82) is 0 Å². The van der Waals surface area contributed by atoms with Crippen LogP contribution in [0.5, 0.6) is 0 Å². The molecule has 0 bridgehead atoms. The Hall–Kier alpha value is -3.35. The smallest absolute Gasteiger partial charge is 0.267 e. The number of carbonyl (C=O) groups excluding carboxylic acids is 1. The molecule has 1 aromatic heterocycles. The van der Waals surface area contributed by atoms with E-state index in [-0.39, 0.29) is 12.2 Å². The molecule has 0 aliphatic heterocycles. The zero-order chi connectivity index (χ0) is 18.7. The number of anilines is 1. The van der Waals surface area contributed by atoms with Gasteiger partial charge in [0.2, 0.25) is 5.91 Å². The van der Waals surface area contributed by atoms with Gasteiger partial charge in [-0.05, 0) is 25.1 Å². The molecule has 5 nitrogen and oxygen atoms in total. The van der Waals surface area contributed by atoms with Crippen molar-refractivity contribution in [2.24, 2.45) is 0 Å². The molecule has 0 saturated carbocycles. The molecular weight excluding hydrogens is 340 g/mol. The Labute approximate surface area is 147 Å². The summed E-state index contributed by atoms with van der Waals surface area (Å²) in [7, 11) is 0. The number of carbonyl (C=O) groups is 1. The lowest BCUT2D eigenvalue weighted by molar-refractivity contribution is -0.117. The van der Waals surface area contributed by atoms with Crippen LogP contribution < -0.4 is 10.9 Å². The van der Waals surface area contributed by atoms with Gasteiger partial charge in [0.25, 0.3) is 5.56 Å². The van der Waals surface area contributed by atoms with Crippen LogP contribution in [0.1, 0.15) is 5.56 Å². The Morgan fingerprint density at radius 1 is 1.04 bits per heavy atom. The molecule has 1 amide bonds. The van der Waals surface area contributed by atoms with Crippen molar-refractivity contribution in [2.75, 3.05) is 5.32 Å². The molecule has 0 unspecified atom stereocenters. The minimum atomic E-state index is -1.07. The summed E-state index contributed by atoms with van der Waals surface area (Å²) in [5.41, 5.74) is 2.10. The van der Waals surface area contributed by atoms with Crippen molar-refractivity contribution in [3.63, 3.8) is 0 Å². The molecule has 1 N–H and O–H groups in total. The van der Waals surface area contributed by atoms with Gasteiger partial charge in [0, 0.05) is 23.4 Å². The summed E-state index contributed by atoms with van der Waals surface area (Å²) >= 11 is 0. The second-order valence-corrected chi connectivity index (χ2v) is 5.76. The van der Waals surface area contributed by atoms with E-state index in [0.717, 1.165) is 27.9 Å². The predicted molar refractivity (Wildman–Crippen MR) is 93.7 cm³/mol. The second kappa shape index (κ2) is 7.26. The largest absolute Gasteiger partial charge is 0.324 e. The summed E-state index contributed by atoms with van der Waals surface area (Å²) < 4.78 is 27.1. The van der Waals surface area contributed by atoms with Crippen molar-refractivity contribution in [3.8, 4) is 11.3 Å². The monoisotopic (exact) mass is 355 g/mol. The van der Waals surface area contributed by atoms with Gasteiger partial charge in [-0.3, -0.25) is 9.59 Å². The number of hydrogen-bond donors (Lipinski definition) is 1. The highest BCUT2D eigenvalue weighted by Gasteiger charge is 2.10. The minimum absolute atomic E-state index is 0.0941. The third kappa shape index (κ3) is 4.00. The molecule has 0 spiro atoms. The minimum Gasteiger partial charge on any atom is -0.324 e. The molecule has 0 radical (unpaired) electrons. The Balaban J connectivity index is 1.79. The van der Waals surface area contributed by atoms with Crippen LogP contribution in [-0.2, 0) is 11.3 Å². The zero-order valence-electron chi connectivity index (χ0n) is 13.9. The van der Waals surface area contributed by atoms with E-state index in [4.69, 9.17) is 0 Å². The Kier molecular flexibility index (Phi) is 4.88. The molecule has 1 heterocycles. The lowest BCUT2D eigenvalue weighted by Crippen LogP contribution is -2.29. The molecule has 26 heavy (non-hydrogen) atoms. The molecule has 2 aromatic carbocycles. The Morgan fingerprint density at radius 3 is 2.46 bits per heavy atom. The van der Waals surface area contributed by atoms with E-state index in [9.17, 15) is 18.4 Å². The quantitative estimate of drug-likeness (QED) is 0.782. The molecular formula is C19H15F2N3O2. The Morgan fingerprint density at radius 2 is 1.77 bits per heavy atom. The molecule has 0 atom stereocenters. The summed E-state index contributed by atoms with van der Waals surface area (Å²) in [6, 6.07) is 13.5. The topological polar surface area (TPSA) is 64.0 Å². The van der Waals surface area contributed by atoms with Gasteiger partial charge in [0.1, 0.15) is 6.54 Å². The normalized spacial score (nSPS) is 10.6. The second-order valence-electron chi connectivity index (χ2n) is 5.76. The summed E-state index contributed by atoms with van der Waals surface area (Å²) in [5, 5.41) is 6.60. The van der Waals surface area contributed by atoms with Crippen molar-refractivity contribution < 1.29 is 13.6 Å². The number of halogens is 2. The maximum absolute atomic E-state index is 13.2. The molecule has 3 aromatic rings. The Bertz CT molecular complexity index is 1010. The van der Waals surface area contributed by atoms with Gasteiger partial charge in [-0.1, -0.05) is 29.8 Å². The number of amides is 1. The maximum Gasteiger partial charge on any atom is 0.267 e. The first-order valence-electron chi connectivity index (χ1n) is 7.82. The van der Waals surface area contributed by atoms with Crippen LogP contribution in [0, 0.1) is 18.6 Å². The van der Waals surface area contributed by atoms with Crippen molar-refractivity contribution in [1.82, 2.24) is 9.78 Å². The van der Waals surface area contributed by atoms with Crippen molar-refractivity contribution >= 4 is 11.6 Å². The van der Waals surface area contributed by atoms with Crippen LogP contribution in [0.3, 0.4) is 0 Å². The summed E-state index contributed by atoms with van der Waals surface area (Å²) in [6.45, 7) is 1.61. The van der Waals surface area contributed by atoms with Crippen LogP contribution in [0.25, 0.3) is 11.3 Å². The van der Waals surface area contributed by atoms with Crippen LogP contribution >= 0.6 is 0 Å². The van der Waals surface area contributed by atoms with E-state index in [1.807, 2.05) is 31.2 Å². The standard InChI is InChI=1S/C19H15F2N3O2/c1-12-2-4-13(5-3-12)17-8-9-19(26)24(23-17)11-18(25)22-14-6-7-15(20)16(21)10-14/h2-10H,11H2,1H3,(H,22,25). The summed E-state index contributed by atoms with van der Waals surface area (Å²) in [5.74, 6) is -2.65. The first-order valence-corrected chi connectivity index (χ1v) is 7.82. The highest BCUT2D eigenvalue weighted by Crippen LogP contribution is 2.16. The van der Waals surface area contributed by atoms with E-state index < -0.39 is 23.1 Å². The molecule has 7 heteroatoms. The van der Waals surface area contributed by atoms with Gasteiger partial charge in [0.15, 0.2) is 11.6 Å². The zero-order valence-corrected chi connectivity index (χ0v) is 13.9. The van der Waals surface area contributed by atoms with Crippen molar-refractivity contribution in [3.05, 3.63) is 82.1 Å². The van der Waals surface area contributed by atoms with E-state index >= 15 is 0 Å². The molecule has 0 aliphatic carbocycles. The number of hydrogen-bond acceptors (Lipinski definition) is 3. The number of aromatic nitrogens is 2. The first kappa shape index (κ1) is 17.5. The van der Waals surface area contributed by atoms with E-state index in [1.165, 1.54) is 12.1 Å². The van der Waals surface area contributed by atoms with Crippen molar-refractivity contribution in [2.45, 2.75) is 13.5 Å². The molecule has 132 valence electrons. The molecule has 3 rings (SSSR count). The van der Waals surface area contributed by atoms with E-state index in [0.29, 0.717) is 5.69 Å². The fourth-order valence-corrected chi connectivity index (χ4v) is 2.35. The SMILES string of the molecule is Cc1ccc(-c2ccc(=O)n(CC(=O)Nc3ccc(F)c(F)c3)n2)cc1. The summed E-state index contributed by atoms with van der Waals surface area (Å²) in [4.78, 5) is 24.1. The molecule has 0 saturated heterocycles. The fourth-order valence-electron chi connectivity index (χ4n) is 2.35. The number of nitrogens with zero attached hydrogens (tertiary/aromatic N) is 2. The maximum atomic E-state index is 13.2. The van der Waals surface area contributed by atoms with Gasteiger partial charge < -0.3 is 5.32 Å². The highest BCUT2D eigenvalue weighted by atomic mass is 19.2. The van der Waals surface area contributed by atoms with Gasteiger partial charge in [0.05, 0.1) is 5.69 Å². The van der Waals surface area contributed by atoms with Crippen LogP contribution in [-0.4, -0.2) is 15.7 Å². The van der Waals surface area contributed by atoms with Crippen LogP contribution in [0.2, 0.25) is 0 Å². The first-order chi connectivity index (χ1) is 12.4. The number of aryl methyl sites for hydroxylation is 1.